The molecule has 1 fully saturated rings. The molecule has 43 heavy (non-hydrogen) atoms. The molecule has 37 heteroatoms. The summed E-state index contributed by atoms with van der Waals surface area (Å²) in [5.74, 6) is 0. The minimum atomic E-state index is -6.68. The summed E-state index contributed by atoms with van der Waals surface area (Å²) in [6.45, 7) is 0. The van der Waals surface area contributed by atoms with E-state index in [9.17, 15) is 86.1 Å². The first kappa shape index (κ1) is 63.4. The van der Waals surface area contributed by atoms with Crippen molar-refractivity contribution in [1.82, 2.24) is 0 Å². The van der Waals surface area contributed by atoms with Gasteiger partial charge in [-0.05, 0) is 0 Å². The van der Waals surface area contributed by atoms with Crippen molar-refractivity contribution in [2.24, 2.45) is 0 Å². The van der Waals surface area contributed by atoms with E-state index in [0.29, 0.717) is 0 Å². The van der Waals surface area contributed by atoms with Crippen molar-refractivity contribution in [1.29, 1.82) is 0 Å². The average molecular weight is 1380 g/mol. The predicted molar refractivity (Wildman–Crippen MR) is 109 cm³/mol. The van der Waals surface area contributed by atoms with Crippen LogP contribution < -0.4 is 63.4 Å². The van der Waals surface area contributed by atoms with Crippen LogP contribution in [0.2, 0.25) is 0 Å². The minimum absolute atomic E-state index is 0. The molecule has 236 valence electrons. The van der Waals surface area contributed by atoms with Gasteiger partial charge >= 0.3 is 143 Å². The van der Waals surface area contributed by atoms with Crippen LogP contribution in [0.5, 0.6) is 0 Å². The fourth-order valence-corrected chi connectivity index (χ4v) is 5.96. The molecule has 1 aliphatic rings. The molecule has 0 aromatic rings. The SMILES string of the molecule is O=P([O-])([O-])O[C@H]1[C@H](OP(=O)([O-])[O-])[C@@H](OP(=O)([O-])[O-])[C@H](OP(=O)([O-])[O-])[C@@H](OP(=O)([O-])[O-])[C@H]1OP(=O)([O-])[O-].[F-].[Sn+2].[Sn+2].[Sn+2].[Sn+2].[Sn+2].[Sn+2]. The van der Waals surface area contributed by atoms with Crippen molar-refractivity contribution in [2.75, 3.05) is 0 Å². The molecule has 0 heterocycles. The van der Waals surface area contributed by atoms with Crippen molar-refractivity contribution in [2.45, 2.75) is 36.6 Å². The normalized spacial score (nSPS) is 24.6. The molecular weight excluding hydrogens is 1370 g/mol. The van der Waals surface area contributed by atoms with Crippen molar-refractivity contribution in [3.05, 3.63) is 0 Å². The van der Waals surface area contributed by atoms with Gasteiger partial charge in [-0.1, -0.05) is 0 Å². The second-order valence-electron chi connectivity index (χ2n) is 6.10. The summed E-state index contributed by atoms with van der Waals surface area (Å²) in [5.41, 5.74) is 0. The Labute approximate surface area is 340 Å². The topological polar surface area (TPSA) is 435 Å². The molecule has 0 aromatic carbocycles. The van der Waals surface area contributed by atoms with Gasteiger partial charge in [0.1, 0.15) is 36.6 Å². The maximum absolute atomic E-state index is 11.1. The van der Waals surface area contributed by atoms with Gasteiger partial charge in [-0.2, -0.15) is 0 Å². The molecule has 12 radical (unpaired) electrons. The second kappa shape index (κ2) is 23.8. The van der Waals surface area contributed by atoms with Crippen LogP contribution in [0.1, 0.15) is 0 Å². The fourth-order valence-electron chi connectivity index (χ4n) is 2.74. The zero-order valence-corrected chi connectivity index (χ0v) is 41.8. The predicted octanol–water partition coefficient (Wildman–Crippen LogP) is -16.0. The Morgan fingerprint density at radius 2 is 0.349 bits per heavy atom. The third-order valence-corrected chi connectivity index (χ3v) is 6.46. The summed E-state index contributed by atoms with van der Waals surface area (Å²) in [7, 11) is -40.1. The van der Waals surface area contributed by atoms with Gasteiger partial charge in [-0.15, -0.1) is 0 Å². The molecule has 0 saturated heterocycles. The van der Waals surface area contributed by atoms with Crippen molar-refractivity contribution >= 4 is 190 Å². The van der Waals surface area contributed by atoms with E-state index >= 15 is 0 Å². The minimum Gasteiger partial charge on any atom is -1.00 e. The van der Waals surface area contributed by atoms with E-state index in [1.165, 1.54) is 0 Å². The van der Waals surface area contributed by atoms with Gasteiger partial charge in [0, 0.05) is 0 Å². The Morgan fingerprint density at radius 3 is 0.395 bits per heavy atom. The molecule has 0 spiro atoms. The molecule has 0 N–H and O–H groups in total. The van der Waals surface area contributed by atoms with E-state index in [1.54, 1.807) is 0 Å². The van der Waals surface area contributed by atoms with E-state index in [2.05, 4.69) is 27.1 Å². The van der Waals surface area contributed by atoms with E-state index < -0.39 is 83.6 Å². The van der Waals surface area contributed by atoms with Gasteiger partial charge < -0.3 is 118 Å². The summed E-state index contributed by atoms with van der Waals surface area (Å²) >= 11 is 0. The fraction of sp³-hybridized carbons (Fsp3) is 1.00. The van der Waals surface area contributed by atoms with Crippen LogP contribution in [0.3, 0.4) is 0 Å². The first-order chi connectivity index (χ1) is 15.6. The first-order valence-electron chi connectivity index (χ1n) is 7.80. The zero-order chi connectivity index (χ0) is 28.7. The van der Waals surface area contributed by atoms with Crippen LogP contribution in [0.25, 0.3) is 0 Å². The quantitative estimate of drug-likeness (QED) is 0.129. The van der Waals surface area contributed by atoms with E-state index in [1.807, 2.05) is 0 Å². The average Bonchev–Trinajstić information content (AvgIpc) is 2.51. The molecule has 0 unspecified atom stereocenters. The first-order valence-corrected chi connectivity index (χ1v) is 16.6. The van der Waals surface area contributed by atoms with E-state index in [0.717, 1.165) is 0 Å². The zero-order valence-electron chi connectivity index (χ0n) is 19.3. The Morgan fingerprint density at radius 1 is 0.279 bits per heavy atom. The molecule has 0 aliphatic heterocycles. The van der Waals surface area contributed by atoms with Crippen molar-refractivity contribution < 1.29 is 118 Å². The number of hydrogen-bond donors (Lipinski definition) is 0. The molecule has 1 rings (SSSR count). The van der Waals surface area contributed by atoms with Crippen LogP contribution in [0, 0.1) is 0 Å². The molecule has 1 saturated carbocycles. The largest absolute Gasteiger partial charge is 2.00 e. The van der Waals surface area contributed by atoms with Crippen LogP contribution in [0.15, 0.2) is 0 Å². The van der Waals surface area contributed by atoms with Gasteiger partial charge in [-0.25, -0.2) is 0 Å². The third kappa shape index (κ3) is 27.7. The van der Waals surface area contributed by atoms with Gasteiger partial charge in [0.25, 0.3) is 0 Å². The number of hydrogen-bond acceptors (Lipinski definition) is 24. The number of phosphoric ester groups is 6. The van der Waals surface area contributed by atoms with E-state index in [4.69, 9.17) is 0 Å². The summed E-state index contributed by atoms with van der Waals surface area (Å²) in [4.78, 5) is 133. The molecule has 1 aliphatic carbocycles. The van der Waals surface area contributed by atoms with Crippen LogP contribution in [-0.2, 0) is 54.5 Å². The Balaban J connectivity index is -0.000000370. The van der Waals surface area contributed by atoms with Crippen LogP contribution in [0.4, 0.5) is 0 Å². The number of rotatable bonds is 12. The van der Waals surface area contributed by atoms with Crippen LogP contribution in [-0.4, -0.2) is 180 Å². The summed E-state index contributed by atoms with van der Waals surface area (Å²) in [6, 6.07) is 0. The Hall–Kier alpha value is 5.38. The molecular formula is C6H6FO24P6Sn6-. The monoisotopic (exact) mass is 1390 g/mol. The third-order valence-electron chi connectivity index (χ3n) is 3.45. The number of halogens is 1. The molecule has 0 aromatic heterocycles. The van der Waals surface area contributed by atoms with Crippen molar-refractivity contribution in [3.8, 4) is 0 Å². The Kier molecular flexibility index (Phi) is 35.2. The Bertz CT molecular complexity index is 850. The van der Waals surface area contributed by atoms with Gasteiger partial charge in [0.15, 0.2) is 0 Å². The molecule has 0 amide bonds. The van der Waals surface area contributed by atoms with Gasteiger partial charge in [-0.3, -0.25) is 0 Å². The van der Waals surface area contributed by atoms with E-state index in [-0.39, 0.29) is 148 Å². The van der Waals surface area contributed by atoms with Gasteiger partial charge in [0.05, 0.1) is 46.9 Å². The van der Waals surface area contributed by atoms with Crippen LogP contribution >= 0.6 is 46.9 Å². The van der Waals surface area contributed by atoms with Gasteiger partial charge in [0.2, 0.25) is 0 Å². The second-order valence-corrected chi connectivity index (χ2v) is 12.7. The summed E-state index contributed by atoms with van der Waals surface area (Å²) in [6.07, 6.45) is -21.5. The molecule has 0 bridgehead atoms. The maximum Gasteiger partial charge on any atom is 2.00 e. The maximum atomic E-state index is 11.1. The summed E-state index contributed by atoms with van der Waals surface area (Å²) < 4.78 is 88.3. The molecule has 0 atom stereocenters. The van der Waals surface area contributed by atoms with Crippen molar-refractivity contribution in [3.63, 3.8) is 0 Å². The standard InChI is InChI=1S/C6H18O24P6.FH.6Sn/c7-31(8,9)25-1-2(26-32(10,11)12)4(28-34(16,17)18)6(30-36(22,23)24)5(29-35(19,20)21)3(1)27-33(13,14)15;;;;;;;/h1-6H,(H2,7,8,9)(H2,10,11,12)(H2,13,14,15)(H2,16,17,18)(H2,19,20,21)(H2,22,23,24);1H;;;;;;/q;;6*+2/p-13/t1-,2-,3-,4+,5-,6-;;;;;;;. The smallest absolute Gasteiger partial charge is 1.00 e. The molecule has 24 nitrogen and oxygen atoms in total. The summed E-state index contributed by atoms with van der Waals surface area (Å²) in [5, 5.41) is 0. The number of phosphoric acid groups is 6.